The fourth-order valence-corrected chi connectivity index (χ4v) is 1.85. The van der Waals surface area contributed by atoms with E-state index in [2.05, 4.69) is 0 Å². The van der Waals surface area contributed by atoms with E-state index in [9.17, 15) is 9.59 Å². The van der Waals surface area contributed by atoms with Crippen molar-refractivity contribution in [2.24, 2.45) is 17.4 Å². The quantitative estimate of drug-likeness (QED) is 0.593. The number of urea groups is 1. The zero-order valence-corrected chi connectivity index (χ0v) is 8.56. The number of piperidine rings is 1. The summed E-state index contributed by atoms with van der Waals surface area (Å²) >= 11 is 0. The molecule has 1 aliphatic rings. The second-order valence-corrected chi connectivity index (χ2v) is 3.95. The Morgan fingerprint density at radius 1 is 1.40 bits per heavy atom. The molecule has 0 aromatic carbocycles. The van der Waals surface area contributed by atoms with Gasteiger partial charge >= 0.3 is 12.0 Å². The molecule has 1 saturated heterocycles. The van der Waals surface area contributed by atoms with Crippen molar-refractivity contribution in [1.29, 1.82) is 0 Å². The predicted molar refractivity (Wildman–Crippen MR) is 54.1 cm³/mol. The van der Waals surface area contributed by atoms with Crippen LogP contribution in [-0.4, -0.2) is 41.1 Å². The summed E-state index contributed by atoms with van der Waals surface area (Å²) in [6.07, 6.45) is 2.04. The number of primary amides is 1. The molecule has 15 heavy (non-hydrogen) atoms. The summed E-state index contributed by atoms with van der Waals surface area (Å²) in [6.45, 7) is 1.21. The van der Waals surface area contributed by atoms with E-state index in [-0.39, 0.29) is 5.92 Å². The van der Waals surface area contributed by atoms with Gasteiger partial charge in [0.25, 0.3) is 0 Å². The molecule has 0 saturated carbocycles. The zero-order chi connectivity index (χ0) is 11.4. The molecular formula is C9H17N3O3. The maximum atomic E-state index is 10.8. The number of carbonyl (C=O) groups excluding carboxylic acids is 1. The number of aliphatic carboxylic acids is 1. The Hall–Kier alpha value is -1.30. The van der Waals surface area contributed by atoms with E-state index in [1.807, 2.05) is 0 Å². The number of nitrogens with two attached hydrogens (primary N) is 2. The van der Waals surface area contributed by atoms with Crippen LogP contribution in [0.2, 0.25) is 0 Å². The fraction of sp³-hybridized carbons (Fsp3) is 0.778. The third-order valence-electron chi connectivity index (χ3n) is 2.83. The van der Waals surface area contributed by atoms with Gasteiger partial charge in [0, 0.05) is 13.1 Å². The van der Waals surface area contributed by atoms with Gasteiger partial charge in [-0.15, -0.1) is 0 Å². The second kappa shape index (κ2) is 4.97. The first-order valence-electron chi connectivity index (χ1n) is 5.03. The predicted octanol–water partition coefficient (Wildman–Crippen LogP) is -0.421. The van der Waals surface area contributed by atoms with Gasteiger partial charge in [0.15, 0.2) is 0 Å². The summed E-state index contributed by atoms with van der Waals surface area (Å²) < 4.78 is 0. The molecule has 1 fully saturated rings. The van der Waals surface area contributed by atoms with Crippen molar-refractivity contribution in [2.45, 2.75) is 25.3 Å². The molecule has 0 aliphatic carbocycles. The topological polar surface area (TPSA) is 110 Å². The van der Waals surface area contributed by atoms with Gasteiger partial charge in [-0.3, -0.25) is 4.79 Å². The molecule has 1 rings (SSSR count). The van der Waals surface area contributed by atoms with Crippen LogP contribution in [0.3, 0.4) is 0 Å². The molecular weight excluding hydrogens is 198 g/mol. The highest BCUT2D eigenvalue weighted by molar-refractivity contribution is 5.73. The summed E-state index contributed by atoms with van der Waals surface area (Å²) in [5.41, 5.74) is 10.6. The van der Waals surface area contributed by atoms with Crippen LogP contribution >= 0.6 is 0 Å². The van der Waals surface area contributed by atoms with Gasteiger partial charge in [-0.1, -0.05) is 0 Å². The maximum Gasteiger partial charge on any atom is 0.320 e. The maximum absolute atomic E-state index is 10.8. The van der Waals surface area contributed by atoms with Crippen molar-refractivity contribution in [3.63, 3.8) is 0 Å². The lowest BCUT2D eigenvalue weighted by atomic mass is 9.90. The Labute approximate surface area is 88.2 Å². The average molecular weight is 215 g/mol. The first-order valence-corrected chi connectivity index (χ1v) is 5.03. The van der Waals surface area contributed by atoms with Gasteiger partial charge < -0.3 is 21.5 Å². The average Bonchev–Trinajstić information content (AvgIpc) is 2.18. The van der Waals surface area contributed by atoms with Crippen molar-refractivity contribution < 1.29 is 14.7 Å². The number of carboxylic acid groups (broad SMARTS) is 1. The molecule has 6 nitrogen and oxygen atoms in total. The minimum Gasteiger partial charge on any atom is -0.480 e. The molecule has 1 atom stereocenters. The monoisotopic (exact) mass is 215 g/mol. The van der Waals surface area contributed by atoms with E-state index in [4.69, 9.17) is 16.6 Å². The first-order chi connectivity index (χ1) is 7.00. The molecule has 0 bridgehead atoms. The molecule has 1 heterocycles. The number of rotatable bonds is 3. The van der Waals surface area contributed by atoms with Gasteiger partial charge in [-0.2, -0.15) is 0 Å². The number of hydrogen-bond acceptors (Lipinski definition) is 3. The van der Waals surface area contributed by atoms with Crippen molar-refractivity contribution in [1.82, 2.24) is 4.90 Å². The number of carboxylic acids is 1. The van der Waals surface area contributed by atoms with Gasteiger partial charge in [-0.05, 0) is 25.2 Å². The molecule has 6 heteroatoms. The van der Waals surface area contributed by atoms with E-state index in [1.54, 1.807) is 4.90 Å². The standard InChI is InChI=1S/C9H17N3O3/c10-7(8(13)14)5-6-1-3-12(4-2-6)9(11)15/h6-7H,1-5,10H2,(H2,11,15)(H,13,14)/t7-/m0/s1. The SMILES string of the molecule is NC(=O)N1CCC(C[C@H](N)C(=O)O)CC1. The fourth-order valence-electron chi connectivity index (χ4n) is 1.85. The van der Waals surface area contributed by atoms with Crippen molar-refractivity contribution in [2.75, 3.05) is 13.1 Å². The number of likely N-dealkylation sites (tertiary alicyclic amines) is 1. The molecule has 0 radical (unpaired) electrons. The lowest BCUT2D eigenvalue weighted by Crippen LogP contribution is -2.43. The van der Waals surface area contributed by atoms with Crippen molar-refractivity contribution in [3.05, 3.63) is 0 Å². The van der Waals surface area contributed by atoms with Gasteiger partial charge in [0.1, 0.15) is 6.04 Å². The van der Waals surface area contributed by atoms with Crippen LogP contribution in [0.4, 0.5) is 4.79 Å². The van der Waals surface area contributed by atoms with Crippen LogP contribution in [0.5, 0.6) is 0 Å². The molecule has 0 aromatic rings. The van der Waals surface area contributed by atoms with Crippen LogP contribution in [0.1, 0.15) is 19.3 Å². The van der Waals surface area contributed by atoms with Gasteiger partial charge in [0.2, 0.25) is 0 Å². The summed E-state index contributed by atoms with van der Waals surface area (Å²) in [5, 5.41) is 8.64. The number of hydrogen-bond donors (Lipinski definition) is 3. The largest absolute Gasteiger partial charge is 0.480 e. The lowest BCUT2D eigenvalue weighted by molar-refractivity contribution is -0.139. The Morgan fingerprint density at radius 3 is 2.33 bits per heavy atom. The molecule has 5 N–H and O–H groups in total. The normalized spacial score (nSPS) is 19.9. The number of amides is 2. The van der Waals surface area contributed by atoms with E-state index in [0.29, 0.717) is 19.5 Å². The van der Waals surface area contributed by atoms with E-state index >= 15 is 0 Å². The smallest absolute Gasteiger partial charge is 0.320 e. The summed E-state index contributed by atoms with van der Waals surface area (Å²) in [6, 6.07) is -1.20. The molecule has 0 aromatic heterocycles. The minimum atomic E-state index is -0.965. The minimum absolute atomic E-state index is 0.284. The Balaban J connectivity index is 2.31. The molecule has 86 valence electrons. The van der Waals surface area contributed by atoms with Crippen LogP contribution < -0.4 is 11.5 Å². The van der Waals surface area contributed by atoms with Crippen molar-refractivity contribution in [3.8, 4) is 0 Å². The van der Waals surface area contributed by atoms with Crippen LogP contribution in [0.25, 0.3) is 0 Å². The first kappa shape index (κ1) is 11.8. The van der Waals surface area contributed by atoms with E-state index in [1.165, 1.54) is 0 Å². The highest BCUT2D eigenvalue weighted by Crippen LogP contribution is 2.21. The van der Waals surface area contributed by atoms with Gasteiger partial charge in [0.05, 0.1) is 0 Å². The second-order valence-electron chi connectivity index (χ2n) is 3.95. The summed E-state index contributed by atoms with van der Waals surface area (Å²) in [5.74, 6) is -0.681. The molecule has 0 unspecified atom stereocenters. The van der Waals surface area contributed by atoms with Crippen LogP contribution in [0, 0.1) is 5.92 Å². The number of carbonyl (C=O) groups is 2. The highest BCUT2D eigenvalue weighted by Gasteiger charge is 2.24. The Bertz CT molecular complexity index is 249. The Kier molecular flexibility index (Phi) is 3.90. The third-order valence-corrected chi connectivity index (χ3v) is 2.83. The van der Waals surface area contributed by atoms with Crippen molar-refractivity contribution >= 4 is 12.0 Å². The van der Waals surface area contributed by atoms with Gasteiger partial charge in [-0.25, -0.2) is 4.79 Å². The van der Waals surface area contributed by atoms with Crippen LogP contribution in [-0.2, 0) is 4.79 Å². The molecule has 0 spiro atoms. The summed E-state index contributed by atoms with van der Waals surface area (Å²) in [7, 11) is 0. The molecule has 2 amide bonds. The lowest BCUT2D eigenvalue weighted by Gasteiger charge is -2.31. The van der Waals surface area contributed by atoms with E-state index in [0.717, 1.165) is 12.8 Å². The Morgan fingerprint density at radius 2 is 1.93 bits per heavy atom. The van der Waals surface area contributed by atoms with Crippen LogP contribution in [0.15, 0.2) is 0 Å². The summed E-state index contributed by atoms with van der Waals surface area (Å²) in [4.78, 5) is 22.9. The highest BCUT2D eigenvalue weighted by atomic mass is 16.4. The molecule has 1 aliphatic heterocycles. The number of nitrogens with zero attached hydrogens (tertiary/aromatic N) is 1. The third kappa shape index (κ3) is 3.39. The zero-order valence-electron chi connectivity index (χ0n) is 8.56. The van der Waals surface area contributed by atoms with E-state index < -0.39 is 18.0 Å².